The molecular weight excluding hydrogens is 676 g/mol. The summed E-state index contributed by atoms with van der Waals surface area (Å²) in [4.78, 5) is 29.9. The predicted molar refractivity (Wildman–Crippen MR) is 196 cm³/mol. The summed E-state index contributed by atoms with van der Waals surface area (Å²) < 4.78 is 35.2. The van der Waals surface area contributed by atoms with Gasteiger partial charge in [-0.3, -0.25) is 14.3 Å². The zero-order chi connectivity index (χ0) is 35.6. The molecule has 3 aromatic rings. The second kappa shape index (κ2) is 15.2. The van der Waals surface area contributed by atoms with Crippen molar-refractivity contribution in [3.05, 3.63) is 88.2 Å². The molecule has 50 heavy (non-hydrogen) atoms. The molecule has 6 atom stereocenters. The number of aryl methyl sites for hydroxylation is 2. The van der Waals surface area contributed by atoms with Crippen molar-refractivity contribution in [3.63, 3.8) is 0 Å². The fourth-order valence-electron chi connectivity index (χ4n) is 7.15. The van der Waals surface area contributed by atoms with E-state index in [-0.39, 0.29) is 28.9 Å². The Morgan fingerprint density at radius 3 is 2.70 bits per heavy atom. The molecule has 0 saturated heterocycles. The number of carbonyl (C=O) groups excluding carboxylic acids is 2. The van der Waals surface area contributed by atoms with Gasteiger partial charge in [0, 0.05) is 43.1 Å². The van der Waals surface area contributed by atoms with Crippen LogP contribution in [0.4, 0.5) is 5.69 Å². The van der Waals surface area contributed by atoms with Gasteiger partial charge in [-0.05, 0) is 105 Å². The fraction of sp³-hybridized carbons (Fsp3) is 0.474. The van der Waals surface area contributed by atoms with Crippen LogP contribution < -0.4 is 19.1 Å². The lowest BCUT2D eigenvalue weighted by Crippen LogP contribution is -2.43. The van der Waals surface area contributed by atoms with Crippen LogP contribution in [-0.2, 0) is 29.9 Å². The van der Waals surface area contributed by atoms with E-state index in [2.05, 4.69) is 20.1 Å². The summed E-state index contributed by atoms with van der Waals surface area (Å²) in [6.45, 7) is 5.33. The number of ether oxygens (including phenoxy) is 2. The Balaban J connectivity index is 1.47. The van der Waals surface area contributed by atoms with E-state index < -0.39 is 33.1 Å². The van der Waals surface area contributed by atoms with Crippen LogP contribution in [-0.4, -0.2) is 57.3 Å². The van der Waals surface area contributed by atoms with E-state index in [1.807, 2.05) is 31.2 Å². The molecule has 1 fully saturated rings. The van der Waals surface area contributed by atoms with E-state index in [0.717, 1.165) is 43.4 Å². The standard InChI is InChI=1S/C38H47ClN4O6S/c1-24-8-7-10-34(44)31-15-12-29(31)21-43-20-28-11-14-30(39)18-26(28)9-5-6-17-49-35-16-13-27(19-33(35)43)37(45)40-50(47,25(24)2)41-38(46)32-22-42(3)23-36(32)48-4/h7,10-11,13-14,16,18-19,22-25,29,31,34,44H,5-6,8-9,12,15,17,20-21H2,1-4H3,(H,40,41,45,46,47)/b10-7+/t24-,25+,29-,31+,34-,50?/m0/s1. The van der Waals surface area contributed by atoms with Crippen LogP contribution in [0.1, 0.15) is 77.8 Å². The van der Waals surface area contributed by atoms with Crippen molar-refractivity contribution >= 4 is 39.0 Å². The maximum absolute atomic E-state index is 14.8. The van der Waals surface area contributed by atoms with Gasteiger partial charge in [-0.1, -0.05) is 36.7 Å². The van der Waals surface area contributed by atoms with Gasteiger partial charge in [-0.25, -0.2) is 4.21 Å². The van der Waals surface area contributed by atoms with E-state index in [1.54, 1.807) is 49.1 Å². The third-order valence-electron chi connectivity index (χ3n) is 10.5. The number of hydrogen-bond donors (Lipinski definition) is 2. The maximum Gasteiger partial charge on any atom is 0.286 e. The molecule has 1 unspecified atom stereocenters. The highest BCUT2D eigenvalue weighted by Gasteiger charge is 2.37. The van der Waals surface area contributed by atoms with Gasteiger partial charge in [-0.15, -0.1) is 4.36 Å². The summed E-state index contributed by atoms with van der Waals surface area (Å²) in [5.74, 6) is -0.354. The molecule has 2 aromatic carbocycles. The highest BCUT2D eigenvalue weighted by atomic mass is 35.5. The Labute approximate surface area is 300 Å². The number of halogens is 1. The maximum atomic E-state index is 14.8. The number of fused-ring (bicyclic) bond motifs is 3. The second-order valence-electron chi connectivity index (χ2n) is 13.9. The van der Waals surface area contributed by atoms with Crippen molar-refractivity contribution < 1.29 is 28.4 Å². The van der Waals surface area contributed by atoms with Crippen LogP contribution in [0.2, 0.25) is 5.02 Å². The molecule has 2 amide bonds. The minimum atomic E-state index is -3.68. The third kappa shape index (κ3) is 7.75. The van der Waals surface area contributed by atoms with Crippen molar-refractivity contribution in [3.8, 4) is 11.5 Å². The monoisotopic (exact) mass is 722 g/mol. The first-order valence-electron chi connectivity index (χ1n) is 17.4. The van der Waals surface area contributed by atoms with Crippen LogP contribution in [0, 0.1) is 17.8 Å². The number of nitrogens with one attached hydrogen (secondary N) is 1. The molecule has 1 aliphatic carbocycles. The first-order valence-corrected chi connectivity index (χ1v) is 19.4. The molecule has 2 N–H and O–H groups in total. The molecule has 2 aliphatic heterocycles. The number of methoxy groups -OCH3 is 1. The van der Waals surface area contributed by atoms with E-state index >= 15 is 0 Å². The molecule has 268 valence electrons. The van der Waals surface area contributed by atoms with Gasteiger partial charge in [-0.2, -0.15) is 0 Å². The minimum Gasteiger partial charge on any atom is -0.494 e. The van der Waals surface area contributed by atoms with Gasteiger partial charge in [0.05, 0.1) is 36.3 Å². The number of aliphatic hydroxyl groups excluding tert-OH is 1. The summed E-state index contributed by atoms with van der Waals surface area (Å²) >= 11 is 6.44. The number of aromatic nitrogens is 1. The number of benzene rings is 2. The minimum absolute atomic E-state index is 0.0725. The summed E-state index contributed by atoms with van der Waals surface area (Å²) in [6.07, 6.45) is 11.3. The number of carbonyl (C=O) groups is 2. The summed E-state index contributed by atoms with van der Waals surface area (Å²) in [5.41, 5.74) is 3.46. The molecule has 6 rings (SSSR count). The predicted octanol–water partition coefficient (Wildman–Crippen LogP) is 6.73. The lowest BCUT2D eigenvalue weighted by Gasteiger charge is -2.42. The van der Waals surface area contributed by atoms with E-state index in [9.17, 15) is 18.9 Å². The highest BCUT2D eigenvalue weighted by molar-refractivity contribution is 7.93. The number of amides is 2. The van der Waals surface area contributed by atoms with Gasteiger partial charge < -0.3 is 24.0 Å². The largest absolute Gasteiger partial charge is 0.494 e. The van der Waals surface area contributed by atoms with E-state index in [1.165, 1.54) is 12.7 Å². The smallest absolute Gasteiger partial charge is 0.286 e. The van der Waals surface area contributed by atoms with Crippen molar-refractivity contribution in [2.75, 3.05) is 25.2 Å². The molecule has 3 heterocycles. The number of hydrogen-bond acceptors (Lipinski definition) is 7. The van der Waals surface area contributed by atoms with Crippen LogP contribution in [0.25, 0.3) is 0 Å². The van der Waals surface area contributed by atoms with E-state index in [4.69, 9.17) is 21.1 Å². The average Bonchev–Trinajstić information content (AvgIpc) is 3.45. The molecule has 2 bridgehead atoms. The zero-order valence-corrected chi connectivity index (χ0v) is 30.7. The summed E-state index contributed by atoms with van der Waals surface area (Å²) in [5, 5.41) is 11.3. The van der Waals surface area contributed by atoms with Crippen molar-refractivity contribution in [2.45, 2.75) is 70.3 Å². The highest BCUT2D eigenvalue weighted by Crippen LogP contribution is 2.41. The molecule has 1 saturated carbocycles. The first kappa shape index (κ1) is 36.0. The number of anilines is 1. The topological polar surface area (TPSA) is 122 Å². The van der Waals surface area contributed by atoms with Crippen LogP contribution in [0.5, 0.6) is 11.5 Å². The Hall–Kier alpha value is -3.80. The molecule has 0 radical (unpaired) electrons. The van der Waals surface area contributed by atoms with E-state index in [0.29, 0.717) is 42.6 Å². The summed E-state index contributed by atoms with van der Waals surface area (Å²) in [6, 6.07) is 11.2. The second-order valence-corrected chi connectivity index (χ2v) is 16.6. The molecule has 1 aromatic heterocycles. The van der Waals surface area contributed by atoms with Crippen LogP contribution >= 0.6 is 11.6 Å². The van der Waals surface area contributed by atoms with Gasteiger partial charge in [0.15, 0.2) is 0 Å². The molecular formula is C38H47ClN4O6S. The third-order valence-corrected chi connectivity index (χ3v) is 13.2. The lowest BCUT2D eigenvalue weighted by molar-refractivity contribution is 0.0459. The Bertz CT molecular complexity index is 1900. The number of aliphatic hydroxyl groups is 1. The van der Waals surface area contributed by atoms with Gasteiger partial charge >= 0.3 is 0 Å². The number of allylic oxidation sites excluding steroid dienone is 1. The van der Waals surface area contributed by atoms with Gasteiger partial charge in [0.25, 0.3) is 11.8 Å². The SMILES string of the molecule is COc1cn(C)cc1C(=O)NS1(=O)=NC(=O)c2ccc3c(c2)N(Cc2ccc(Cl)cc2CCCCO3)C[C@@H]2CC[C@H]2[C@@H](O)/C=C/C[C@H](C)[C@H]1C. The number of nitrogens with zero attached hydrogens (tertiary/aromatic N) is 3. The van der Waals surface area contributed by atoms with Crippen molar-refractivity contribution in [2.24, 2.45) is 29.2 Å². The summed E-state index contributed by atoms with van der Waals surface area (Å²) in [7, 11) is -0.471. The Kier molecular flexibility index (Phi) is 11.0. The van der Waals surface area contributed by atoms with Crippen molar-refractivity contribution in [1.29, 1.82) is 0 Å². The van der Waals surface area contributed by atoms with Gasteiger partial charge in [0.1, 0.15) is 21.4 Å². The van der Waals surface area contributed by atoms with Crippen LogP contribution in [0.3, 0.4) is 0 Å². The van der Waals surface area contributed by atoms with Crippen molar-refractivity contribution in [1.82, 2.24) is 9.29 Å². The Morgan fingerprint density at radius 2 is 1.94 bits per heavy atom. The van der Waals surface area contributed by atoms with Crippen LogP contribution in [0.15, 0.2) is 65.3 Å². The normalized spacial score (nSPS) is 28.0. The fourth-order valence-corrected chi connectivity index (χ4v) is 9.21. The first-order chi connectivity index (χ1) is 24.0. The Morgan fingerprint density at radius 1 is 1.12 bits per heavy atom. The lowest BCUT2D eigenvalue weighted by atomic mass is 9.70. The number of rotatable bonds is 3. The van der Waals surface area contributed by atoms with Gasteiger partial charge in [0.2, 0.25) is 0 Å². The molecule has 10 nitrogen and oxygen atoms in total. The molecule has 3 aliphatic rings. The zero-order valence-electron chi connectivity index (χ0n) is 29.1. The molecule has 0 spiro atoms. The average molecular weight is 723 g/mol. The quantitative estimate of drug-likeness (QED) is 0.288. The molecule has 12 heteroatoms.